The van der Waals surface area contributed by atoms with Crippen molar-refractivity contribution >= 4 is 54.8 Å². The lowest BCUT2D eigenvalue weighted by molar-refractivity contribution is -0.0906. The summed E-state index contributed by atoms with van der Waals surface area (Å²) in [6.45, 7) is 3.26. The molecule has 2 radical (unpaired) electrons. The number of nitrogens with zero attached hydrogens (tertiary/aromatic N) is 3. The number of aromatic carboxylic acids is 1. The van der Waals surface area contributed by atoms with E-state index >= 15 is 0 Å². The number of imidazole rings is 1. The molecule has 4 unspecified atom stereocenters. The summed E-state index contributed by atoms with van der Waals surface area (Å²) >= 11 is 12.7. The molecule has 4 aliphatic heterocycles. The zero-order valence-corrected chi connectivity index (χ0v) is 27.5. The van der Waals surface area contributed by atoms with Crippen LogP contribution in [0.2, 0.25) is 11.1 Å². The molecule has 46 heavy (non-hydrogen) atoms. The smallest absolute Gasteiger partial charge is 0.335 e. The monoisotopic (exact) mass is 675 g/mol. The van der Waals surface area contributed by atoms with Crippen LogP contribution in [0.3, 0.4) is 0 Å². The van der Waals surface area contributed by atoms with Crippen molar-refractivity contribution in [3.8, 4) is 5.75 Å². The molecule has 3 aromatic carbocycles. The van der Waals surface area contributed by atoms with Crippen molar-refractivity contribution in [2.24, 2.45) is 5.92 Å². The quantitative estimate of drug-likeness (QED) is 0.203. The zero-order valence-electron chi connectivity index (χ0n) is 25.0. The highest BCUT2D eigenvalue weighted by molar-refractivity contribution is 6.49. The first-order valence-corrected chi connectivity index (χ1v) is 17.8. The van der Waals surface area contributed by atoms with Crippen LogP contribution in [0.5, 0.6) is 5.75 Å². The predicted octanol–water partition coefficient (Wildman–Crippen LogP) is 7.66. The minimum Gasteiger partial charge on any atom is -0.480 e. The number of aromatic nitrogens is 2. The maximum atomic E-state index is 14.8. The Hall–Kier alpha value is -3.21. The number of hydrogen-bond donors (Lipinski definition) is 1. The van der Waals surface area contributed by atoms with Crippen LogP contribution in [-0.2, 0) is 11.3 Å². The first kappa shape index (κ1) is 30.1. The topological polar surface area (TPSA) is 76.8 Å². The van der Waals surface area contributed by atoms with Crippen molar-refractivity contribution in [3.05, 3.63) is 99.6 Å². The fourth-order valence-electron chi connectivity index (χ4n) is 7.33. The van der Waals surface area contributed by atoms with Gasteiger partial charge in [-0.3, -0.25) is 4.90 Å². The molecule has 1 aromatic heterocycles. The largest absolute Gasteiger partial charge is 0.480 e. The van der Waals surface area contributed by atoms with E-state index in [1.807, 2.05) is 18.2 Å². The number of carbonyl (C=O) groups is 1. The Morgan fingerprint density at radius 2 is 1.89 bits per heavy atom. The fraction of sp³-hybridized carbons (Fsp3) is 0.371. The van der Waals surface area contributed by atoms with E-state index in [0.717, 1.165) is 88.3 Å². The fourth-order valence-corrected chi connectivity index (χ4v) is 9.42. The van der Waals surface area contributed by atoms with Crippen LogP contribution in [0.4, 0.5) is 4.39 Å². The van der Waals surface area contributed by atoms with Gasteiger partial charge >= 0.3 is 5.97 Å². The molecule has 4 aromatic rings. The summed E-state index contributed by atoms with van der Waals surface area (Å²) in [7, 11) is 0.761. The number of benzene rings is 3. The molecule has 11 heteroatoms. The number of para-hydroxylation sites is 1. The minimum absolute atomic E-state index is 0.259. The Morgan fingerprint density at radius 1 is 1.07 bits per heavy atom. The highest BCUT2D eigenvalue weighted by Gasteiger charge is 2.43. The van der Waals surface area contributed by atoms with Gasteiger partial charge in [0.15, 0.2) is 0 Å². The lowest BCUT2D eigenvalue weighted by atomic mass is 9.87. The second kappa shape index (κ2) is 12.1. The highest BCUT2D eigenvalue weighted by atomic mass is 35.5. The number of rotatable bonds is 7. The van der Waals surface area contributed by atoms with Crippen LogP contribution in [0.15, 0.2) is 60.7 Å². The molecule has 3 saturated heterocycles. The third-order valence-corrected chi connectivity index (χ3v) is 12.4. The van der Waals surface area contributed by atoms with Gasteiger partial charge in [0, 0.05) is 34.3 Å². The maximum Gasteiger partial charge on any atom is 0.335 e. The van der Waals surface area contributed by atoms with Crippen molar-refractivity contribution in [1.82, 2.24) is 14.5 Å². The molecule has 0 saturated carbocycles. The van der Waals surface area contributed by atoms with Crippen molar-refractivity contribution in [3.63, 3.8) is 0 Å². The summed E-state index contributed by atoms with van der Waals surface area (Å²) in [6, 6.07) is 17.1. The zero-order chi connectivity index (χ0) is 31.5. The molecule has 0 amide bonds. The van der Waals surface area contributed by atoms with Gasteiger partial charge in [0.05, 0.1) is 43.8 Å². The molecule has 4 aliphatic rings. The molecule has 1 N–H and O–H groups in total. The number of carboxylic acid groups (broad SMARTS) is 1. The molecule has 3 fully saturated rings. The molecule has 0 bridgehead atoms. The standard InChI is InChI=1S/C35H32Cl2FN3O4Si/c36-21-5-6-24(27(38)15-21)31-16-26(37)23-3-1-2-22(33(23)45-31)19-8-11-40(12-9-19)17-32-39-28-7-4-20(35(42)43)14-29(28)41(32)34-25(18-46-34)30-10-13-44-30/h1-7,14-16,19,25,30-31,34H,8-13,17-18H2,(H,42,43). The maximum absolute atomic E-state index is 14.8. The van der Waals surface area contributed by atoms with E-state index in [9.17, 15) is 14.3 Å². The summed E-state index contributed by atoms with van der Waals surface area (Å²) in [4.78, 5) is 19.3. The van der Waals surface area contributed by atoms with Gasteiger partial charge in [0.25, 0.3) is 0 Å². The average Bonchev–Trinajstić information content (AvgIpc) is 3.34. The SMILES string of the molecule is O=C(O)c1ccc2nc(CN3CCC(c4cccc5c4OC(c4ccc(Cl)cc4F)C=C5Cl)CC3)n(C3[Si]CC3C3CCO3)c2c1. The average molecular weight is 677 g/mol. The molecule has 4 atom stereocenters. The van der Waals surface area contributed by atoms with Gasteiger partial charge < -0.3 is 19.1 Å². The van der Waals surface area contributed by atoms with Gasteiger partial charge in [-0.15, -0.1) is 0 Å². The number of fused-ring (bicyclic) bond motifs is 2. The summed E-state index contributed by atoms with van der Waals surface area (Å²) in [5.74, 6) is 1.06. The molecule has 5 heterocycles. The Bertz CT molecular complexity index is 1870. The number of halogens is 3. The Morgan fingerprint density at radius 3 is 2.59 bits per heavy atom. The van der Waals surface area contributed by atoms with Gasteiger partial charge in [0.2, 0.25) is 0 Å². The van der Waals surface area contributed by atoms with E-state index < -0.39 is 17.9 Å². The summed E-state index contributed by atoms with van der Waals surface area (Å²) in [6.07, 6.45) is 4.33. The second-order valence-electron chi connectivity index (χ2n) is 12.6. The van der Waals surface area contributed by atoms with Crippen LogP contribution in [0.1, 0.15) is 69.8 Å². The van der Waals surface area contributed by atoms with Gasteiger partial charge in [0.1, 0.15) is 23.5 Å². The Balaban J connectivity index is 1.02. The molecular weight excluding hydrogens is 644 g/mol. The Labute approximate surface area is 278 Å². The number of piperidine rings is 1. The van der Waals surface area contributed by atoms with Crippen molar-refractivity contribution in [2.75, 3.05) is 19.7 Å². The van der Waals surface area contributed by atoms with Gasteiger partial charge in [-0.2, -0.15) is 0 Å². The summed E-state index contributed by atoms with van der Waals surface area (Å²) in [5.41, 5.74) is 4.62. The Kier molecular flexibility index (Phi) is 7.93. The van der Waals surface area contributed by atoms with E-state index in [2.05, 4.69) is 15.5 Å². The van der Waals surface area contributed by atoms with Crippen LogP contribution >= 0.6 is 23.2 Å². The minimum atomic E-state index is -0.929. The third-order valence-electron chi connectivity index (χ3n) is 9.97. The van der Waals surface area contributed by atoms with Gasteiger partial charge in [-0.25, -0.2) is 14.2 Å². The van der Waals surface area contributed by atoms with Crippen LogP contribution in [0.25, 0.3) is 16.1 Å². The van der Waals surface area contributed by atoms with Crippen LogP contribution in [-0.4, -0.2) is 60.8 Å². The molecular formula is C35H32Cl2FN3O4Si. The number of carboxylic acids is 1. The highest BCUT2D eigenvalue weighted by Crippen LogP contribution is 2.46. The normalized spacial score (nSPS) is 24.9. The van der Waals surface area contributed by atoms with Crippen LogP contribution < -0.4 is 4.74 Å². The number of ether oxygens (including phenoxy) is 2. The summed E-state index contributed by atoms with van der Waals surface area (Å²) < 4.78 is 29.5. The van der Waals surface area contributed by atoms with E-state index in [1.165, 1.54) is 6.07 Å². The van der Waals surface area contributed by atoms with Crippen LogP contribution in [0, 0.1) is 11.7 Å². The van der Waals surface area contributed by atoms with E-state index in [4.69, 9.17) is 37.7 Å². The third kappa shape index (κ3) is 5.36. The van der Waals surface area contributed by atoms with E-state index in [1.54, 1.807) is 30.3 Å². The molecule has 8 rings (SSSR count). The van der Waals surface area contributed by atoms with Crippen molar-refractivity contribution in [2.45, 2.75) is 55.6 Å². The van der Waals surface area contributed by atoms with E-state index in [-0.39, 0.29) is 23.3 Å². The van der Waals surface area contributed by atoms with Crippen molar-refractivity contribution < 1.29 is 23.8 Å². The molecule has 0 spiro atoms. The molecule has 236 valence electrons. The number of hydrogen-bond acceptors (Lipinski definition) is 5. The first-order chi connectivity index (χ1) is 22.3. The first-order valence-electron chi connectivity index (χ1n) is 15.8. The van der Waals surface area contributed by atoms with Gasteiger partial charge in [-0.1, -0.05) is 47.4 Å². The van der Waals surface area contributed by atoms with Crippen molar-refractivity contribution in [1.29, 1.82) is 0 Å². The molecule has 0 aliphatic carbocycles. The predicted molar refractivity (Wildman–Crippen MR) is 176 cm³/mol. The summed E-state index contributed by atoms with van der Waals surface area (Å²) in [5, 5.41) is 10.6. The molecule has 7 nitrogen and oxygen atoms in total. The lowest BCUT2D eigenvalue weighted by Gasteiger charge is -2.46. The lowest BCUT2D eigenvalue weighted by Crippen LogP contribution is -2.48. The van der Waals surface area contributed by atoms with E-state index in [0.29, 0.717) is 28.1 Å². The van der Waals surface area contributed by atoms with Gasteiger partial charge in [-0.05, 0) is 86.3 Å². The number of likely N-dealkylation sites (tertiary alicyclic amines) is 1. The second-order valence-corrected chi connectivity index (χ2v) is 14.9.